The second kappa shape index (κ2) is 11.4. The molecular weight excluding hydrogens is 560 g/mol. The van der Waals surface area contributed by atoms with Crippen LogP contribution < -0.4 is 14.3 Å². The van der Waals surface area contributed by atoms with Gasteiger partial charge in [0.05, 0.1) is 27.4 Å². The van der Waals surface area contributed by atoms with Crippen LogP contribution in [0.3, 0.4) is 0 Å². The van der Waals surface area contributed by atoms with Gasteiger partial charge in [0.1, 0.15) is 6.54 Å². The van der Waals surface area contributed by atoms with Crippen molar-refractivity contribution in [2.45, 2.75) is 23.6 Å². The van der Waals surface area contributed by atoms with E-state index < -0.39 is 32.5 Å². The number of aryl methyl sites for hydroxylation is 2. The molecule has 1 aromatic heterocycles. The van der Waals surface area contributed by atoms with Crippen molar-refractivity contribution in [1.29, 1.82) is 0 Å². The number of anilines is 3. The van der Waals surface area contributed by atoms with Gasteiger partial charge in [-0.25, -0.2) is 16.8 Å². The highest BCUT2D eigenvalue weighted by atomic mass is 35.5. The molecule has 12 heteroatoms. The molecule has 0 aliphatic rings. The first-order chi connectivity index (χ1) is 18.5. The standard InChI is InChI=1S/C27H25ClN4O5S2/c1-19-5-10-25(11-6-19)39(36,37)32(26-14-7-21(28)16-20(26)2)18-27(33)30-22-8-12-24(13-9-22)38(34,35)31-23-4-3-15-29-17-23/h3-17,31H,18H2,1-2H3,(H,30,33). The number of aromatic nitrogens is 1. The third-order valence-electron chi connectivity index (χ3n) is 5.69. The number of benzene rings is 3. The van der Waals surface area contributed by atoms with E-state index in [9.17, 15) is 21.6 Å². The fraction of sp³-hybridized carbons (Fsp3) is 0.111. The second-order valence-electron chi connectivity index (χ2n) is 8.68. The van der Waals surface area contributed by atoms with Gasteiger partial charge in [0, 0.05) is 16.9 Å². The molecule has 0 radical (unpaired) electrons. The summed E-state index contributed by atoms with van der Waals surface area (Å²) in [5, 5.41) is 3.07. The van der Waals surface area contributed by atoms with Gasteiger partial charge in [0.2, 0.25) is 5.91 Å². The molecule has 0 spiro atoms. The fourth-order valence-electron chi connectivity index (χ4n) is 3.72. The molecule has 0 aliphatic carbocycles. The van der Waals surface area contributed by atoms with Crippen molar-refractivity contribution >= 4 is 54.6 Å². The lowest BCUT2D eigenvalue weighted by atomic mass is 10.2. The number of pyridine rings is 1. The lowest BCUT2D eigenvalue weighted by Gasteiger charge is -2.26. The van der Waals surface area contributed by atoms with Crippen LogP contribution in [0.15, 0.2) is 101 Å². The Morgan fingerprint density at radius 2 is 1.54 bits per heavy atom. The zero-order chi connectivity index (χ0) is 28.2. The first kappa shape index (κ1) is 28.1. The molecule has 4 rings (SSSR count). The molecule has 3 aromatic carbocycles. The molecule has 0 saturated carbocycles. The lowest BCUT2D eigenvalue weighted by Crippen LogP contribution is -2.38. The molecular formula is C27H25ClN4O5S2. The third-order valence-corrected chi connectivity index (χ3v) is 9.09. The molecule has 0 bridgehead atoms. The van der Waals surface area contributed by atoms with Crippen LogP contribution in [0, 0.1) is 13.8 Å². The summed E-state index contributed by atoms with van der Waals surface area (Å²) in [6, 6.07) is 19.7. The van der Waals surface area contributed by atoms with Crippen LogP contribution in [0.25, 0.3) is 0 Å². The largest absolute Gasteiger partial charge is 0.325 e. The highest BCUT2D eigenvalue weighted by molar-refractivity contribution is 7.93. The minimum Gasteiger partial charge on any atom is -0.325 e. The number of nitrogens with zero attached hydrogens (tertiary/aromatic N) is 2. The van der Waals surface area contributed by atoms with Crippen molar-refractivity contribution in [1.82, 2.24) is 4.98 Å². The number of carbonyl (C=O) groups is 1. The maximum absolute atomic E-state index is 13.6. The zero-order valence-corrected chi connectivity index (χ0v) is 23.4. The van der Waals surface area contributed by atoms with Crippen LogP contribution in [0.1, 0.15) is 11.1 Å². The molecule has 0 unspecified atom stereocenters. The van der Waals surface area contributed by atoms with Crippen LogP contribution >= 0.6 is 11.6 Å². The Morgan fingerprint density at radius 1 is 0.872 bits per heavy atom. The van der Waals surface area contributed by atoms with E-state index in [-0.39, 0.29) is 9.79 Å². The monoisotopic (exact) mass is 584 g/mol. The van der Waals surface area contributed by atoms with Gasteiger partial charge in [-0.05, 0) is 86.1 Å². The Kier molecular flexibility index (Phi) is 8.24. The van der Waals surface area contributed by atoms with Crippen molar-refractivity contribution < 1.29 is 21.6 Å². The molecule has 4 aromatic rings. The van der Waals surface area contributed by atoms with Gasteiger partial charge in [0.15, 0.2) is 0 Å². The minimum atomic E-state index is -4.11. The number of amides is 1. The summed E-state index contributed by atoms with van der Waals surface area (Å²) in [5.41, 5.74) is 2.37. The third kappa shape index (κ3) is 6.75. The van der Waals surface area contributed by atoms with Crippen molar-refractivity contribution in [3.05, 3.63) is 107 Å². The van der Waals surface area contributed by atoms with Crippen LogP contribution in [-0.4, -0.2) is 34.3 Å². The smallest absolute Gasteiger partial charge is 0.264 e. The van der Waals surface area contributed by atoms with E-state index >= 15 is 0 Å². The quantitative estimate of drug-likeness (QED) is 0.286. The van der Waals surface area contributed by atoms with Crippen molar-refractivity contribution in [2.75, 3.05) is 20.9 Å². The van der Waals surface area contributed by atoms with Crippen LogP contribution in [-0.2, 0) is 24.8 Å². The van der Waals surface area contributed by atoms with Crippen LogP contribution in [0.4, 0.5) is 17.1 Å². The van der Waals surface area contributed by atoms with E-state index in [2.05, 4.69) is 15.0 Å². The molecule has 0 atom stereocenters. The van der Waals surface area contributed by atoms with Gasteiger partial charge >= 0.3 is 0 Å². The van der Waals surface area contributed by atoms with Crippen LogP contribution in [0.5, 0.6) is 0 Å². The van der Waals surface area contributed by atoms with Gasteiger partial charge in [-0.2, -0.15) is 0 Å². The average molecular weight is 585 g/mol. The second-order valence-corrected chi connectivity index (χ2v) is 12.7. The highest BCUT2D eigenvalue weighted by Crippen LogP contribution is 2.29. The summed E-state index contributed by atoms with van der Waals surface area (Å²) in [6.45, 7) is 3.02. The topological polar surface area (TPSA) is 126 Å². The fourth-order valence-corrected chi connectivity index (χ4v) is 6.48. The molecule has 0 fully saturated rings. The Labute approximate surface area is 232 Å². The number of hydrogen-bond donors (Lipinski definition) is 2. The van der Waals surface area contributed by atoms with E-state index in [1.165, 1.54) is 48.8 Å². The Balaban J connectivity index is 1.56. The maximum atomic E-state index is 13.6. The molecule has 1 heterocycles. The molecule has 9 nitrogen and oxygen atoms in total. The van der Waals surface area contributed by atoms with Gasteiger partial charge in [-0.15, -0.1) is 0 Å². The molecule has 0 aliphatic heterocycles. The number of carbonyl (C=O) groups excluding carboxylic acids is 1. The summed E-state index contributed by atoms with van der Waals surface area (Å²) in [5.74, 6) is -0.621. The number of sulfonamides is 2. The number of hydrogen-bond acceptors (Lipinski definition) is 6. The van der Waals surface area contributed by atoms with Crippen LogP contribution in [0.2, 0.25) is 5.02 Å². The predicted octanol–water partition coefficient (Wildman–Crippen LogP) is 4.99. The average Bonchev–Trinajstić information content (AvgIpc) is 2.88. The summed E-state index contributed by atoms with van der Waals surface area (Å²) in [6.07, 6.45) is 2.90. The van der Waals surface area contributed by atoms with E-state index in [0.29, 0.717) is 27.6 Å². The van der Waals surface area contributed by atoms with Gasteiger partial charge in [0.25, 0.3) is 20.0 Å². The normalized spacial score (nSPS) is 11.6. The van der Waals surface area contributed by atoms with Crippen molar-refractivity contribution in [3.63, 3.8) is 0 Å². The van der Waals surface area contributed by atoms with Crippen molar-refractivity contribution in [3.8, 4) is 0 Å². The molecule has 39 heavy (non-hydrogen) atoms. The summed E-state index contributed by atoms with van der Waals surface area (Å²) >= 11 is 6.08. The van der Waals surface area contributed by atoms with E-state index in [1.807, 2.05) is 6.92 Å². The first-order valence-corrected chi connectivity index (χ1v) is 14.9. The van der Waals surface area contributed by atoms with E-state index in [0.717, 1.165) is 9.87 Å². The number of nitrogens with one attached hydrogen (secondary N) is 2. The van der Waals surface area contributed by atoms with Crippen molar-refractivity contribution in [2.24, 2.45) is 0 Å². The van der Waals surface area contributed by atoms with E-state index in [1.54, 1.807) is 49.4 Å². The highest BCUT2D eigenvalue weighted by Gasteiger charge is 2.28. The molecule has 2 N–H and O–H groups in total. The molecule has 1 amide bonds. The summed E-state index contributed by atoms with van der Waals surface area (Å²) < 4.78 is 56.0. The summed E-state index contributed by atoms with van der Waals surface area (Å²) in [7, 11) is -7.99. The van der Waals surface area contributed by atoms with Gasteiger partial charge in [-0.1, -0.05) is 29.3 Å². The minimum absolute atomic E-state index is 0.0234. The maximum Gasteiger partial charge on any atom is 0.264 e. The molecule has 0 saturated heterocycles. The lowest BCUT2D eigenvalue weighted by molar-refractivity contribution is -0.114. The number of halogens is 1. The molecule has 202 valence electrons. The predicted molar refractivity (Wildman–Crippen MR) is 152 cm³/mol. The summed E-state index contributed by atoms with van der Waals surface area (Å²) in [4.78, 5) is 16.9. The van der Waals surface area contributed by atoms with Gasteiger partial charge in [-0.3, -0.25) is 18.8 Å². The van der Waals surface area contributed by atoms with E-state index in [4.69, 9.17) is 11.6 Å². The SMILES string of the molecule is Cc1ccc(S(=O)(=O)N(CC(=O)Nc2ccc(S(=O)(=O)Nc3cccnc3)cc2)c2ccc(Cl)cc2C)cc1. The zero-order valence-electron chi connectivity index (χ0n) is 21.0. The Hall–Kier alpha value is -3.93. The first-order valence-electron chi connectivity index (χ1n) is 11.6. The number of rotatable bonds is 9. The Morgan fingerprint density at radius 3 is 2.15 bits per heavy atom. The van der Waals surface area contributed by atoms with Gasteiger partial charge < -0.3 is 5.32 Å². The Bertz CT molecular complexity index is 1700.